The van der Waals surface area contributed by atoms with Crippen molar-refractivity contribution < 1.29 is 22.6 Å². The van der Waals surface area contributed by atoms with E-state index in [0.29, 0.717) is 12.5 Å². The van der Waals surface area contributed by atoms with Crippen LogP contribution in [0, 0.1) is 17.5 Å². The van der Waals surface area contributed by atoms with Gasteiger partial charge in [0.1, 0.15) is 12.4 Å². The van der Waals surface area contributed by atoms with Gasteiger partial charge in [0.25, 0.3) is 0 Å². The fourth-order valence-corrected chi connectivity index (χ4v) is 2.34. The van der Waals surface area contributed by atoms with E-state index in [0.717, 1.165) is 17.7 Å². The molecule has 0 saturated carbocycles. The summed E-state index contributed by atoms with van der Waals surface area (Å²) in [5.41, 5.74) is 0.731. The third kappa shape index (κ3) is 5.80. The van der Waals surface area contributed by atoms with Gasteiger partial charge in [-0.05, 0) is 36.8 Å². The lowest BCUT2D eigenvalue weighted by molar-refractivity contribution is 0.318. The topological polar surface area (TPSA) is 54.9 Å². The van der Waals surface area contributed by atoms with Crippen molar-refractivity contribution in [1.82, 2.24) is 10.6 Å². The first-order chi connectivity index (χ1) is 12.9. The smallest absolute Gasteiger partial charge is 0.191 e. The highest BCUT2D eigenvalue weighted by molar-refractivity contribution is 5.80. The van der Waals surface area contributed by atoms with Gasteiger partial charge in [0.15, 0.2) is 29.2 Å². The Morgan fingerprint density at radius 2 is 1.85 bits per heavy atom. The first-order valence-corrected chi connectivity index (χ1v) is 8.33. The van der Waals surface area contributed by atoms with Crippen molar-refractivity contribution in [3.63, 3.8) is 0 Å². The summed E-state index contributed by atoms with van der Waals surface area (Å²) in [5, 5.41) is 6.16. The number of ether oxygens (including phenoxy) is 2. The number of halogens is 3. The van der Waals surface area contributed by atoms with Crippen molar-refractivity contribution in [2.45, 2.75) is 13.0 Å². The van der Waals surface area contributed by atoms with Crippen LogP contribution in [0.25, 0.3) is 0 Å². The Kier molecular flexibility index (Phi) is 7.34. The van der Waals surface area contributed by atoms with Crippen LogP contribution in [-0.4, -0.2) is 33.3 Å². The molecule has 0 fully saturated rings. The number of hydrogen-bond acceptors (Lipinski definition) is 3. The molecule has 1 unspecified atom stereocenters. The maximum Gasteiger partial charge on any atom is 0.191 e. The summed E-state index contributed by atoms with van der Waals surface area (Å²) in [6.07, 6.45) is 0. The third-order valence-corrected chi connectivity index (χ3v) is 3.81. The van der Waals surface area contributed by atoms with Crippen molar-refractivity contribution in [1.29, 1.82) is 0 Å². The SMILES string of the molecule is CN=C(NCCOc1ccc(F)c(F)c1)NC(C)c1ccc(OC)c(F)c1. The van der Waals surface area contributed by atoms with Gasteiger partial charge < -0.3 is 20.1 Å². The van der Waals surface area contributed by atoms with Crippen LogP contribution in [0.2, 0.25) is 0 Å². The van der Waals surface area contributed by atoms with Crippen LogP contribution < -0.4 is 20.1 Å². The highest BCUT2D eigenvalue weighted by Crippen LogP contribution is 2.21. The molecule has 0 amide bonds. The molecule has 2 aromatic rings. The van der Waals surface area contributed by atoms with Gasteiger partial charge >= 0.3 is 0 Å². The largest absolute Gasteiger partial charge is 0.494 e. The standard InChI is InChI=1S/C19H22F3N3O2/c1-12(13-4-7-18(26-3)17(22)10-13)25-19(23-2)24-8-9-27-14-5-6-15(20)16(21)11-14/h4-7,10-12H,8-9H2,1-3H3,(H2,23,24,25). The normalized spacial score (nSPS) is 12.4. The zero-order valence-corrected chi connectivity index (χ0v) is 15.4. The van der Waals surface area contributed by atoms with E-state index in [9.17, 15) is 13.2 Å². The van der Waals surface area contributed by atoms with Crippen LogP contribution in [-0.2, 0) is 0 Å². The molecular weight excluding hydrogens is 359 g/mol. The summed E-state index contributed by atoms with van der Waals surface area (Å²) in [6.45, 7) is 2.46. The molecule has 2 rings (SSSR count). The molecule has 0 bridgehead atoms. The Bertz CT molecular complexity index is 800. The molecule has 1 atom stereocenters. The maximum atomic E-state index is 13.8. The molecule has 5 nitrogen and oxygen atoms in total. The Morgan fingerprint density at radius 3 is 2.48 bits per heavy atom. The molecule has 0 aliphatic carbocycles. The van der Waals surface area contributed by atoms with Crippen LogP contribution in [0.1, 0.15) is 18.5 Å². The predicted molar refractivity (Wildman–Crippen MR) is 97.7 cm³/mol. The minimum atomic E-state index is -0.960. The van der Waals surface area contributed by atoms with Gasteiger partial charge in [0.05, 0.1) is 19.7 Å². The van der Waals surface area contributed by atoms with E-state index in [-0.39, 0.29) is 24.1 Å². The molecule has 27 heavy (non-hydrogen) atoms. The van der Waals surface area contributed by atoms with Gasteiger partial charge in [-0.25, -0.2) is 13.2 Å². The Hall–Kier alpha value is -2.90. The number of hydrogen-bond donors (Lipinski definition) is 2. The number of nitrogens with zero attached hydrogens (tertiary/aromatic N) is 1. The van der Waals surface area contributed by atoms with Crippen molar-refractivity contribution in [3.05, 3.63) is 59.4 Å². The molecule has 146 valence electrons. The Morgan fingerprint density at radius 1 is 1.07 bits per heavy atom. The second kappa shape index (κ2) is 9.70. The third-order valence-electron chi connectivity index (χ3n) is 3.81. The van der Waals surface area contributed by atoms with E-state index in [1.54, 1.807) is 19.2 Å². The second-order valence-corrected chi connectivity index (χ2v) is 5.68. The summed E-state index contributed by atoms with van der Waals surface area (Å²) in [4.78, 5) is 4.09. The van der Waals surface area contributed by atoms with Crippen LogP contribution >= 0.6 is 0 Å². The summed E-state index contributed by atoms with van der Waals surface area (Å²) in [6, 6.07) is 7.87. The highest BCUT2D eigenvalue weighted by Gasteiger charge is 2.11. The van der Waals surface area contributed by atoms with E-state index < -0.39 is 17.5 Å². The Labute approximate surface area is 156 Å². The van der Waals surface area contributed by atoms with Crippen LogP contribution in [0.3, 0.4) is 0 Å². The number of aliphatic imine (C=N–C) groups is 1. The van der Waals surface area contributed by atoms with Gasteiger partial charge in [-0.2, -0.15) is 0 Å². The molecule has 0 saturated heterocycles. The van der Waals surface area contributed by atoms with Crippen molar-refractivity contribution in [2.24, 2.45) is 4.99 Å². The average Bonchev–Trinajstić information content (AvgIpc) is 2.66. The highest BCUT2D eigenvalue weighted by atomic mass is 19.2. The zero-order chi connectivity index (χ0) is 19.8. The molecular formula is C19H22F3N3O2. The number of benzene rings is 2. The molecule has 0 aliphatic heterocycles. The van der Waals surface area contributed by atoms with Crippen molar-refractivity contribution >= 4 is 5.96 Å². The monoisotopic (exact) mass is 381 g/mol. The predicted octanol–water partition coefficient (Wildman–Crippen LogP) is 3.42. The van der Waals surface area contributed by atoms with E-state index in [2.05, 4.69) is 15.6 Å². The fraction of sp³-hybridized carbons (Fsp3) is 0.316. The first-order valence-electron chi connectivity index (χ1n) is 8.33. The fourth-order valence-electron chi connectivity index (χ4n) is 2.34. The molecule has 0 spiro atoms. The molecule has 2 N–H and O–H groups in total. The Balaban J connectivity index is 1.82. The lowest BCUT2D eigenvalue weighted by Gasteiger charge is -2.19. The van der Waals surface area contributed by atoms with Crippen LogP contribution in [0.15, 0.2) is 41.4 Å². The van der Waals surface area contributed by atoms with Crippen molar-refractivity contribution in [2.75, 3.05) is 27.3 Å². The zero-order valence-electron chi connectivity index (χ0n) is 15.4. The van der Waals surface area contributed by atoms with Crippen molar-refractivity contribution in [3.8, 4) is 11.5 Å². The molecule has 2 aromatic carbocycles. The van der Waals surface area contributed by atoms with E-state index >= 15 is 0 Å². The van der Waals surface area contributed by atoms with Gasteiger partial charge in [-0.15, -0.1) is 0 Å². The quantitative estimate of drug-likeness (QED) is 0.438. The maximum absolute atomic E-state index is 13.8. The second-order valence-electron chi connectivity index (χ2n) is 5.68. The average molecular weight is 381 g/mol. The van der Waals surface area contributed by atoms with E-state index in [4.69, 9.17) is 9.47 Å². The summed E-state index contributed by atoms with van der Waals surface area (Å²) >= 11 is 0. The van der Waals surface area contributed by atoms with Gasteiger partial charge in [-0.3, -0.25) is 4.99 Å². The van der Waals surface area contributed by atoms with Gasteiger partial charge in [-0.1, -0.05) is 6.07 Å². The molecule has 8 heteroatoms. The van der Waals surface area contributed by atoms with Gasteiger partial charge in [0, 0.05) is 13.1 Å². The summed E-state index contributed by atoms with van der Waals surface area (Å²) in [7, 11) is 3.01. The summed E-state index contributed by atoms with van der Waals surface area (Å²) < 4.78 is 50.1. The summed E-state index contributed by atoms with van der Waals surface area (Å²) in [5.74, 6) is -1.41. The van der Waals surface area contributed by atoms with E-state index in [1.165, 1.54) is 19.2 Å². The minimum absolute atomic E-state index is 0.183. The molecule has 0 aliphatic rings. The lowest BCUT2D eigenvalue weighted by Crippen LogP contribution is -2.40. The van der Waals surface area contributed by atoms with Crippen LogP contribution in [0.4, 0.5) is 13.2 Å². The lowest BCUT2D eigenvalue weighted by atomic mass is 10.1. The number of guanidine groups is 1. The van der Waals surface area contributed by atoms with Crippen LogP contribution in [0.5, 0.6) is 11.5 Å². The number of methoxy groups -OCH3 is 1. The molecule has 0 heterocycles. The van der Waals surface area contributed by atoms with Gasteiger partial charge in [0.2, 0.25) is 0 Å². The number of rotatable bonds is 7. The molecule has 0 aromatic heterocycles. The first kappa shape index (κ1) is 20.4. The minimum Gasteiger partial charge on any atom is -0.494 e. The number of nitrogens with one attached hydrogen (secondary N) is 2. The molecule has 0 radical (unpaired) electrons. The van der Waals surface area contributed by atoms with E-state index in [1.807, 2.05) is 6.92 Å².